The van der Waals surface area contributed by atoms with Gasteiger partial charge in [0.1, 0.15) is 11.6 Å². The van der Waals surface area contributed by atoms with E-state index >= 15 is 0 Å². The van der Waals surface area contributed by atoms with Crippen molar-refractivity contribution < 1.29 is 18.8 Å². The summed E-state index contributed by atoms with van der Waals surface area (Å²) >= 11 is 0. The number of aryl methyl sites for hydroxylation is 2. The van der Waals surface area contributed by atoms with E-state index in [1.807, 2.05) is 19.9 Å². The highest BCUT2D eigenvalue weighted by Crippen LogP contribution is 2.34. The van der Waals surface area contributed by atoms with Crippen molar-refractivity contribution in [2.24, 2.45) is 4.99 Å². The lowest BCUT2D eigenvalue weighted by Crippen LogP contribution is -2.24. The van der Waals surface area contributed by atoms with Crippen LogP contribution in [0.2, 0.25) is 0 Å². The van der Waals surface area contributed by atoms with E-state index in [1.54, 1.807) is 44.3 Å². The lowest BCUT2D eigenvalue weighted by Gasteiger charge is -2.18. The lowest BCUT2D eigenvalue weighted by molar-refractivity contribution is 0.0365. The summed E-state index contributed by atoms with van der Waals surface area (Å²) in [4.78, 5) is 30.9. The molecule has 9 nitrogen and oxygen atoms in total. The van der Waals surface area contributed by atoms with Gasteiger partial charge in [0.15, 0.2) is 5.75 Å². The summed E-state index contributed by atoms with van der Waals surface area (Å²) in [7, 11) is 1.52. The molecule has 0 unspecified atom stereocenters. The lowest BCUT2D eigenvalue weighted by atomic mass is 10.1. The topological polar surface area (TPSA) is 110 Å². The molecule has 1 amide bonds. The van der Waals surface area contributed by atoms with Gasteiger partial charge in [0, 0.05) is 29.2 Å². The normalized spacial score (nSPS) is 11.6. The number of carbonyl (C=O) groups excluding carboxylic acids is 1. The van der Waals surface area contributed by atoms with Crippen LogP contribution in [0.4, 0.5) is 27.3 Å². The van der Waals surface area contributed by atoms with Crippen molar-refractivity contribution in [3.8, 4) is 5.75 Å². The predicted molar refractivity (Wildman–Crippen MR) is 148 cm³/mol. The minimum atomic E-state index is -0.557. The molecule has 0 aliphatic heterocycles. The number of rotatable bonds is 11. The number of hydroxylamine groups is 1. The zero-order chi connectivity index (χ0) is 27.7. The molecule has 38 heavy (non-hydrogen) atoms. The second-order valence-corrected chi connectivity index (χ2v) is 8.17. The summed E-state index contributed by atoms with van der Waals surface area (Å²) in [6.07, 6.45) is 5.31. The highest BCUT2D eigenvalue weighted by atomic mass is 19.1. The molecule has 0 atom stereocenters. The van der Waals surface area contributed by atoms with Crippen molar-refractivity contribution >= 4 is 34.5 Å². The molecule has 0 aliphatic rings. The second kappa shape index (κ2) is 13.1. The average Bonchev–Trinajstić information content (AvgIpc) is 2.92. The number of amides is 1. The van der Waals surface area contributed by atoms with Gasteiger partial charge in [-0.2, -0.15) is 0 Å². The minimum Gasteiger partial charge on any atom is -0.494 e. The molecule has 2 aromatic heterocycles. The molecule has 1 aromatic carbocycles. The first-order valence-corrected chi connectivity index (χ1v) is 11.9. The molecule has 0 spiro atoms. The average molecular weight is 519 g/mol. The fourth-order valence-corrected chi connectivity index (χ4v) is 3.43. The van der Waals surface area contributed by atoms with Gasteiger partial charge >= 0.3 is 0 Å². The number of para-hydroxylation sites is 1. The highest BCUT2D eigenvalue weighted by molar-refractivity contribution is 6.04. The Morgan fingerprint density at radius 1 is 1.13 bits per heavy atom. The van der Waals surface area contributed by atoms with Crippen LogP contribution in [0.1, 0.15) is 41.0 Å². The van der Waals surface area contributed by atoms with Gasteiger partial charge in [-0.05, 0) is 57.5 Å². The van der Waals surface area contributed by atoms with Gasteiger partial charge in [-0.3, -0.25) is 19.6 Å². The maximum atomic E-state index is 13.5. The Balaban J connectivity index is 2.03. The SMILES string of the molecule is C=C/C(F)=C\N=C(/C)c1cccc(Nc2cc(Nc3cnc(C)c(C)c3)ncc2C(=O)NOCC)c1OC. The third-order valence-corrected chi connectivity index (χ3v) is 5.52. The van der Waals surface area contributed by atoms with Crippen LogP contribution in [0.15, 0.2) is 72.4 Å². The van der Waals surface area contributed by atoms with Gasteiger partial charge in [0.05, 0.1) is 48.7 Å². The Labute approximate surface area is 221 Å². The molecule has 0 bridgehead atoms. The number of hydrogen-bond donors (Lipinski definition) is 3. The van der Waals surface area contributed by atoms with E-state index < -0.39 is 11.7 Å². The first kappa shape index (κ1) is 28.0. The second-order valence-electron chi connectivity index (χ2n) is 8.17. The number of benzene rings is 1. The number of nitrogens with zero attached hydrogens (tertiary/aromatic N) is 3. The number of aromatic nitrogens is 2. The zero-order valence-corrected chi connectivity index (χ0v) is 22.1. The maximum absolute atomic E-state index is 13.5. The summed E-state index contributed by atoms with van der Waals surface area (Å²) in [6, 6.07) is 9.06. The van der Waals surface area contributed by atoms with Crippen LogP contribution >= 0.6 is 0 Å². The number of allylic oxidation sites excluding steroid dienone is 2. The van der Waals surface area contributed by atoms with E-state index in [-0.39, 0.29) is 5.56 Å². The number of ether oxygens (including phenoxy) is 1. The van der Waals surface area contributed by atoms with Gasteiger partial charge in [-0.15, -0.1) is 0 Å². The van der Waals surface area contributed by atoms with Crippen LogP contribution in [-0.2, 0) is 4.84 Å². The molecule has 10 heteroatoms. The van der Waals surface area contributed by atoms with Crippen molar-refractivity contribution in [3.63, 3.8) is 0 Å². The number of pyridine rings is 2. The Bertz CT molecular complexity index is 1390. The monoisotopic (exact) mass is 518 g/mol. The van der Waals surface area contributed by atoms with Gasteiger partial charge in [0.25, 0.3) is 5.91 Å². The first-order chi connectivity index (χ1) is 18.3. The van der Waals surface area contributed by atoms with Gasteiger partial charge in [-0.25, -0.2) is 14.9 Å². The Morgan fingerprint density at radius 3 is 2.61 bits per heavy atom. The van der Waals surface area contributed by atoms with Gasteiger partial charge in [0.2, 0.25) is 0 Å². The van der Waals surface area contributed by atoms with Crippen molar-refractivity contribution in [3.05, 3.63) is 89.8 Å². The number of anilines is 4. The summed E-state index contributed by atoms with van der Waals surface area (Å²) in [5, 5.41) is 6.49. The van der Waals surface area contributed by atoms with Crippen molar-refractivity contribution in [2.75, 3.05) is 24.4 Å². The molecule has 0 aliphatic carbocycles. The molecule has 0 radical (unpaired) electrons. The summed E-state index contributed by atoms with van der Waals surface area (Å²) in [5.74, 6) is -0.0806. The molecular weight excluding hydrogens is 487 g/mol. The number of nitrogens with one attached hydrogen (secondary N) is 3. The smallest absolute Gasteiger partial charge is 0.278 e. The zero-order valence-electron chi connectivity index (χ0n) is 22.1. The molecular formula is C28H31FN6O3. The van der Waals surface area contributed by atoms with Crippen LogP contribution in [0.3, 0.4) is 0 Å². The molecule has 198 valence electrons. The minimum absolute atomic E-state index is 0.246. The van der Waals surface area contributed by atoms with E-state index in [9.17, 15) is 9.18 Å². The fourth-order valence-electron chi connectivity index (χ4n) is 3.43. The number of aliphatic imine (C=N–C) groups is 1. The highest BCUT2D eigenvalue weighted by Gasteiger charge is 2.17. The van der Waals surface area contributed by atoms with Crippen LogP contribution < -0.4 is 20.9 Å². The maximum Gasteiger partial charge on any atom is 0.278 e. The summed E-state index contributed by atoms with van der Waals surface area (Å²) in [6.45, 7) is 11.1. The summed E-state index contributed by atoms with van der Waals surface area (Å²) < 4.78 is 19.2. The Morgan fingerprint density at radius 2 is 1.92 bits per heavy atom. The van der Waals surface area contributed by atoms with Crippen LogP contribution in [0.25, 0.3) is 0 Å². The van der Waals surface area contributed by atoms with Gasteiger partial charge in [-0.1, -0.05) is 12.6 Å². The van der Waals surface area contributed by atoms with E-state index in [0.717, 1.165) is 29.2 Å². The molecule has 3 rings (SSSR count). The van der Waals surface area contributed by atoms with Crippen LogP contribution in [0.5, 0.6) is 5.75 Å². The molecule has 3 N–H and O–H groups in total. The molecule has 0 saturated heterocycles. The van der Waals surface area contributed by atoms with E-state index in [1.165, 1.54) is 13.3 Å². The van der Waals surface area contributed by atoms with Gasteiger partial charge < -0.3 is 15.4 Å². The molecule has 0 saturated carbocycles. The van der Waals surface area contributed by atoms with Crippen LogP contribution in [-0.4, -0.2) is 35.3 Å². The van der Waals surface area contributed by atoms with Crippen molar-refractivity contribution in [2.45, 2.75) is 27.7 Å². The first-order valence-electron chi connectivity index (χ1n) is 11.9. The standard InChI is InChI=1S/C28H31FN6O3/c1-7-20(29)14-30-19(5)22-10-9-11-24(27(22)37-6)34-25-13-26(32-16-23(25)28(36)35-38-8-2)33-21-12-17(3)18(4)31-15-21/h7,9-16H,1,8H2,2-6H3,(H,35,36)(H2,32,33,34)/b20-14+,30-19+. The van der Waals surface area contributed by atoms with E-state index in [4.69, 9.17) is 9.57 Å². The number of methoxy groups -OCH3 is 1. The molecule has 2 heterocycles. The fraction of sp³-hybridized carbons (Fsp3) is 0.214. The molecule has 0 fully saturated rings. The van der Waals surface area contributed by atoms with E-state index in [2.05, 4.69) is 37.7 Å². The van der Waals surface area contributed by atoms with Crippen molar-refractivity contribution in [1.29, 1.82) is 0 Å². The Hall–Kier alpha value is -4.57. The Kier molecular flexibility index (Phi) is 9.66. The third kappa shape index (κ3) is 7.01. The molecule has 3 aromatic rings. The number of hydrogen-bond acceptors (Lipinski definition) is 8. The van der Waals surface area contributed by atoms with Crippen molar-refractivity contribution in [1.82, 2.24) is 15.4 Å². The van der Waals surface area contributed by atoms with Crippen LogP contribution in [0, 0.1) is 13.8 Å². The summed E-state index contributed by atoms with van der Waals surface area (Å²) in [5.41, 5.74) is 7.53. The third-order valence-electron chi connectivity index (χ3n) is 5.52. The predicted octanol–water partition coefficient (Wildman–Crippen LogP) is 6.08. The number of halogens is 1. The number of carbonyl (C=O) groups is 1. The quantitative estimate of drug-likeness (QED) is 0.160. The van der Waals surface area contributed by atoms with E-state index in [0.29, 0.717) is 40.8 Å². The largest absolute Gasteiger partial charge is 0.494 e.